The summed E-state index contributed by atoms with van der Waals surface area (Å²) in [4.78, 5) is 18.0. The first-order chi connectivity index (χ1) is 8.39. The van der Waals surface area contributed by atoms with Crippen molar-refractivity contribution >= 4 is 27.7 Å². The van der Waals surface area contributed by atoms with Crippen LogP contribution in [0.5, 0.6) is 0 Å². The number of carbonyl (C=O) groups is 1. The largest absolute Gasteiger partial charge is 0.390 e. The van der Waals surface area contributed by atoms with Gasteiger partial charge in [-0.1, -0.05) is 0 Å². The summed E-state index contributed by atoms with van der Waals surface area (Å²) in [5, 5.41) is 9.86. The molecule has 5 nitrogen and oxygen atoms in total. The van der Waals surface area contributed by atoms with Crippen molar-refractivity contribution in [3.63, 3.8) is 0 Å². The van der Waals surface area contributed by atoms with Gasteiger partial charge < -0.3 is 15.7 Å². The highest BCUT2D eigenvalue weighted by Gasteiger charge is 2.30. The minimum absolute atomic E-state index is 0.128. The molecule has 2 heterocycles. The molecule has 0 bridgehead atoms. The molecule has 3 N–H and O–H groups in total. The molecule has 0 unspecified atom stereocenters. The van der Waals surface area contributed by atoms with Crippen molar-refractivity contribution in [3.8, 4) is 0 Å². The summed E-state index contributed by atoms with van der Waals surface area (Å²) in [7, 11) is 0. The summed E-state index contributed by atoms with van der Waals surface area (Å²) in [6, 6.07) is 1.68. The molecule has 0 radical (unpaired) electrons. The second-order valence-electron chi connectivity index (χ2n) is 4.88. The SMILES string of the molecule is CC1(O)CCN(C(=O)c2cc(Br)cnc2N)CC1. The van der Waals surface area contributed by atoms with Gasteiger partial charge in [0.25, 0.3) is 5.91 Å². The zero-order chi connectivity index (χ0) is 13.3. The summed E-state index contributed by atoms with van der Waals surface area (Å²) in [5.74, 6) is 0.109. The monoisotopic (exact) mass is 313 g/mol. The lowest BCUT2D eigenvalue weighted by Crippen LogP contribution is -2.45. The van der Waals surface area contributed by atoms with Crippen LogP contribution in [0.25, 0.3) is 0 Å². The number of halogens is 1. The minimum atomic E-state index is -0.669. The Balaban J connectivity index is 2.15. The molecule has 1 fully saturated rings. The number of anilines is 1. The number of aromatic nitrogens is 1. The lowest BCUT2D eigenvalue weighted by Gasteiger charge is -2.35. The Morgan fingerprint density at radius 1 is 1.56 bits per heavy atom. The highest BCUT2D eigenvalue weighted by molar-refractivity contribution is 9.10. The van der Waals surface area contributed by atoms with Crippen molar-refractivity contribution in [2.45, 2.75) is 25.4 Å². The molecular weight excluding hydrogens is 298 g/mol. The Hall–Kier alpha value is -1.14. The highest BCUT2D eigenvalue weighted by Crippen LogP contribution is 2.24. The number of likely N-dealkylation sites (tertiary alicyclic amines) is 1. The van der Waals surface area contributed by atoms with Gasteiger partial charge in [-0.25, -0.2) is 4.98 Å². The van der Waals surface area contributed by atoms with E-state index >= 15 is 0 Å². The third-order valence-corrected chi connectivity index (χ3v) is 3.68. The van der Waals surface area contributed by atoms with Crippen LogP contribution >= 0.6 is 15.9 Å². The Morgan fingerprint density at radius 3 is 2.78 bits per heavy atom. The Bertz CT molecular complexity index is 466. The fraction of sp³-hybridized carbons (Fsp3) is 0.500. The van der Waals surface area contributed by atoms with Crippen LogP contribution in [-0.2, 0) is 0 Å². The lowest BCUT2D eigenvalue weighted by molar-refractivity contribution is -0.00199. The van der Waals surface area contributed by atoms with Gasteiger partial charge in [-0.15, -0.1) is 0 Å². The van der Waals surface area contributed by atoms with E-state index in [0.29, 0.717) is 31.5 Å². The van der Waals surface area contributed by atoms with Gasteiger partial charge in [-0.2, -0.15) is 0 Å². The van der Waals surface area contributed by atoms with Gasteiger partial charge in [-0.3, -0.25) is 4.79 Å². The predicted octanol–water partition coefficient (Wildman–Crippen LogP) is 1.41. The number of nitrogen functional groups attached to an aromatic ring is 1. The van der Waals surface area contributed by atoms with Gasteiger partial charge in [-0.05, 0) is 41.8 Å². The number of rotatable bonds is 1. The summed E-state index contributed by atoms with van der Waals surface area (Å²) in [6.07, 6.45) is 2.73. The molecule has 0 aromatic carbocycles. The van der Waals surface area contributed by atoms with Gasteiger partial charge in [0.15, 0.2) is 0 Å². The number of amides is 1. The van der Waals surface area contributed by atoms with Gasteiger partial charge in [0.1, 0.15) is 5.82 Å². The molecule has 1 saturated heterocycles. The van der Waals surface area contributed by atoms with Crippen molar-refractivity contribution in [1.29, 1.82) is 0 Å². The van der Waals surface area contributed by atoms with E-state index in [-0.39, 0.29) is 11.7 Å². The van der Waals surface area contributed by atoms with E-state index in [1.54, 1.807) is 24.1 Å². The number of hydrogen-bond acceptors (Lipinski definition) is 4. The number of nitrogens with two attached hydrogens (primary N) is 1. The van der Waals surface area contributed by atoms with Crippen LogP contribution in [0.1, 0.15) is 30.1 Å². The molecule has 2 rings (SSSR count). The van der Waals surface area contributed by atoms with Gasteiger partial charge >= 0.3 is 0 Å². The molecule has 98 valence electrons. The molecule has 1 amide bonds. The summed E-state index contributed by atoms with van der Waals surface area (Å²) >= 11 is 3.28. The molecular formula is C12H16BrN3O2. The molecule has 1 aliphatic heterocycles. The summed E-state index contributed by atoms with van der Waals surface area (Å²) < 4.78 is 0.726. The fourth-order valence-electron chi connectivity index (χ4n) is 1.98. The average Bonchev–Trinajstić information content (AvgIpc) is 2.31. The predicted molar refractivity (Wildman–Crippen MR) is 72.1 cm³/mol. The van der Waals surface area contributed by atoms with E-state index in [2.05, 4.69) is 20.9 Å². The van der Waals surface area contributed by atoms with Crippen LogP contribution in [0.2, 0.25) is 0 Å². The van der Waals surface area contributed by atoms with Crippen LogP contribution in [-0.4, -0.2) is 39.6 Å². The third-order valence-electron chi connectivity index (χ3n) is 3.24. The standard InChI is InChI=1S/C12H16BrN3O2/c1-12(18)2-4-16(5-3-12)11(17)9-6-8(13)7-15-10(9)14/h6-7,18H,2-5H2,1H3,(H2,14,15). The molecule has 18 heavy (non-hydrogen) atoms. The maximum absolute atomic E-state index is 12.3. The third kappa shape index (κ3) is 2.81. The number of carbonyl (C=O) groups excluding carboxylic acids is 1. The second-order valence-corrected chi connectivity index (χ2v) is 5.79. The number of pyridine rings is 1. The smallest absolute Gasteiger partial charge is 0.257 e. The molecule has 1 aromatic rings. The molecule has 1 aromatic heterocycles. The highest BCUT2D eigenvalue weighted by atomic mass is 79.9. The van der Waals surface area contributed by atoms with Crippen LogP contribution in [0.3, 0.4) is 0 Å². The van der Waals surface area contributed by atoms with E-state index in [1.807, 2.05) is 0 Å². The maximum atomic E-state index is 12.3. The zero-order valence-electron chi connectivity index (χ0n) is 10.2. The Kier molecular flexibility index (Phi) is 3.59. The molecule has 6 heteroatoms. The van der Waals surface area contributed by atoms with Gasteiger partial charge in [0.05, 0.1) is 11.2 Å². The quantitative estimate of drug-likeness (QED) is 0.821. The topological polar surface area (TPSA) is 79.5 Å². The van der Waals surface area contributed by atoms with E-state index in [4.69, 9.17) is 5.73 Å². The molecule has 1 aliphatic rings. The number of hydrogen-bond donors (Lipinski definition) is 2. The zero-order valence-corrected chi connectivity index (χ0v) is 11.8. The van der Waals surface area contributed by atoms with Crippen molar-refractivity contribution in [2.75, 3.05) is 18.8 Å². The summed E-state index contributed by atoms with van der Waals surface area (Å²) in [5.41, 5.74) is 5.46. The van der Waals surface area contributed by atoms with Crippen LogP contribution in [0.15, 0.2) is 16.7 Å². The molecule has 0 saturated carbocycles. The van der Waals surface area contributed by atoms with Crippen molar-refractivity contribution in [3.05, 3.63) is 22.3 Å². The number of nitrogens with zero attached hydrogens (tertiary/aromatic N) is 2. The van der Waals surface area contributed by atoms with Crippen LogP contribution < -0.4 is 5.73 Å². The summed E-state index contributed by atoms with van der Waals surface area (Å²) in [6.45, 7) is 2.87. The van der Waals surface area contributed by atoms with E-state index < -0.39 is 5.60 Å². The van der Waals surface area contributed by atoms with Crippen LogP contribution in [0, 0.1) is 0 Å². The first-order valence-corrected chi connectivity index (χ1v) is 6.61. The van der Waals surface area contributed by atoms with Gasteiger partial charge in [0.2, 0.25) is 0 Å². The maximum Gasteiger partial charge on any atom is 0.257 e. The molecule has 0 aliphatic carbocycles. The van der Waals surface area contributed by atoms with E-state index in [1.165, 1.54) is 0 Å². The Morgan fingerprint density at radius 2 is 2.17 bits per heavy atom. The number of piperidine rings is 1. The normalized spacial score (nSPS) is 18.7. The first kappa shape index (κ1) is 13.3. The van der Waals surface area contributed by atoms with Crippen LogP contribution in [0.4, 0.5) is 5.82 Å². The van der Waals surface area contributed by atoms with E-state index in [0.717, 1.165) is 4.47 Å². The lowest BCUT2D eigenvalue weighted by atomic mass is 9.93. The minimum Gasteiger partial charge on any atom is -0.390 e. The molecule has 0 spiro atoms. The van der Waals surface area contributed by atoms with Gasteiger partial charge in [0, 0.05) is 23.8 Å². The Labute approximate surface area is 114 Å². The average molecular weight is 314 g/mol. The van der Waals surface area contributed by atoms with Crippen molar-refractivity contribution < 1.29 is 9.90 Å². The van der Waals surface area contributed by atoms with Crippen molar-refractivity contribution in [1.82, 2.24) is 9.88 Å². The fourth-order valence-corrected chi connectivity index (χ4v) is 2.31. The van der Waals surface area contributed by atoms with Crippen molar-refractivity contribution in [2.24, 2.45) is 0 Å². The number of aliphatic hydroxyl groups is 1. The van der Waals surface area contributed by atoms with E-state index in [9.17, 15) is 9.90 Å². The molecule has 0 atom stereocenters. The first-order valence-electron chi connectivity index (χ1n) is 5.82. The second kappa shape index (κ2) is 4.85.